The summed E-state index contributed by atoms with van der Waals surface area (Å²) < 4.78 is 5.47. The van der Waals surface area contributed by atoms with E-state index in [0.29, 0.717) is 6.04 Å². The van der Waals surface area contributed by atoms with Crippen molar-refractivity contribution in [1.29, 1.82) is 0 Å². The Labute approximate surface area is 131 Å². The van der Waals surface area contributed by atoms with Crippen LogP contribution in [-0.2, 0) is 4.74 Å². The van der Waals surface area contributed by atoms with E-state index in [1.54, 1.807) is 0 Å². The molecule has 0 aromatic heterocycles. The standard InChI is InChI=1S/C17H35N3O/c1-5-19-8-6-7-16(13-19)15(2)18-14-17(3,4)20-9-11-21-12-10-20/h15-16,18H,5-14H2,1-4H3. The summed E-state index contributed by atoms with van der Waals surface area (Å²) in [7, 11) is 0. The Kier molecular flexibility index (Phi) is 6.48. The van der Waals surface area contributed by atoms with Crippen LogP contribution >= 0.6 is 0 Å². The number of morpholine rings is 1. The Morgan fingerprint density at radius 1 is 1.24 bits per heavy atom. The Morgan fingerprint density at radius 3 is 2.62 bits per heavy atom. The van der Waals surface area contributed by atoms with E-state index in [1.807, 2.05) is 0 Å². The van der Waals surface area contributed by atoms with Crippen LogP contribution in [0.4, 0.5) is 0 Å². The van der Waals surface area contributed by atoms with Crippen molar-refractivity contribution in [2.24, 2.45) is 5.92 Å². The molecule has 0 spiro atoms. The second-order valence-electron chi connectivity index (χ2n) is 7.38. The normalized spacial score (nSPS) is 27.7. The molecule has 2 heterocycles. The first-order chi connectivity index (χ1) is 10.0. The van der Waals surface area contributed by atoms with Crippen molar-refractivity contribution in [2.75, 3.05) is 52.5 Å². The first-order valence-corrected chi connectivity index (χ1v) is 8.81. The summed E-state index contributed by atoms with van der Waals surface area (Å²) in [5.74, 6) is 0.805. The summed E-state index contributed by atoms with van der Waals surface area (Å²) in [5.41, 5.74) is 0.219. The third-order valence-corrected chi connectivity index (χ3v) is 5.42. The maximum Gasteiger partial charge on any atom is 0.0594 e. The molecule has 0 aromatic carbocycles. The zero-order valence-electron chi connectivity index (χ0n) is 14.5. The second kappa shape index (κ2) is 7.91. The minimum Gasteiger partial charge on any atom is -0.379 e. The van der Waals surface area contributed by atoms with Crippen molar-refractivity contribution >= 4 is 0 Å². The molecule has 0 saturated carbocycles. The van der Waals surface area contributed by atoms with E-state index in [2.05, 4.69) is 42.8 Å². The zero-order chi connectivity index (χ0) is 15.3. The van der Waals surface area contributed by atoms with E-state index < -0.39 is 0 Å². The third-order valence-electron chi connectivity index (χ3n) is 5.42. The number of rotatable bonds is 6. The smallest absolute Gasteiger partial charge is 0.0594 e. The lowest BCUT2D eigenvalue weighted by molar-refractivity contribution is -0.0111. The number of likely N-dealkylation sites (tertiary alicyclic amines) is 1. The van der Waals surface area contributed by atoms with Gasteiger partial charge in [-0.25, -0.2) is 0 Å². The molecule has 2 atom stereocenters. The minimum absolute atomic E-state index is 0.219. The highest BCUT2D eigenvalue weighted by Crippen LogP contribution is 2.21. The zero-order valence-corrected chi connectivity index (χ0v) is 14.5. The van der Waals surface area contributed by atoms with Gasteiger partial charge in [0.05, 0.1) is 13.2 Å². The van der Waals surface area contributed by atoms with Crippen LogP contribution in [0.3, 0.4) is 0 Å². The molecular weight excluding hydrogens is 262 g/mol. The Balaban J connectivity index is 1.77. The SMILES string of the molecule is CCN1CCCC(C(C)NCC(C)(C)N2CCOCC2)C1. The van der Waals surface area contributed by atoms with Crippen molar-refractivity contribution in [2.45, 2.75) is 52.1 Å². The van der Waals surface area contributed by atoms with Crippen LogP contribution in [0, 0.1) is 5.92 Å². The minimum atomic E-state index is 0.219. The van der Waals surface area contributed by atoms with Gasteiger partial charge in [0, 0.05) is 37.8 Å². The van der Waals surface area contributed by atoms with Crippen molar-refractivity contribution in [3.8, 4) is 0 Å². The first-order valence-electron chi connectivity index (χ1n) is 8.81. The number of hydrogen-bond acceptors (Lipinski definition) is 4. The van der Waals surface area contributed by atoms with Gasteiger partial charge in [-0.1, -0.05) is 6.92 Å². The van der Waals surface area contributed by atoms with Gasteiger partial charge < -0.3 is 15.0 Å². The molecule has 124 valence electrons. The number of nitrogens with one attached hydrogen (secondary N) is 1. The van der Waals surface area contributed by atoms with Crippen LogP contribution in [-0.4, -0.2) is 73.9 Å². The predicted molar refractivity (Wildman–Crippen MR) is 88.8 cm³/mol. The van der Waals surface area contributed by atoms with Gasteiger partial charge in [-0.3, -0.25) is 4.90 Å². The Bertz CT molecular complexity index is 302. The lowest BCUT2D eigenvalue weighted by Gasteiger charge is -2.42. The van der Waals surface area contributed by atoms with E-state index >= 15 is 0 Å². The van der Waals surface area contributed by atoms with E-state index in [1.165, 1.54) is 32.5 Å². The molecule has 4 nitrogen and oxygen atoms in total. The number of nitrogens with zero attached hydrogens (tertiary/aromatic N) is 2. The monoisotopic (exact) mass is 297 g/mol. The molecule has 2 unspecified atom stereocenters. The molecule has 0 aromatic rings. The van der Waals surface area contributed by atoms with Crippen molar-refractivity contribution in [1.82, 2.24) is 15.1 Å². The second-order valence-corrected chi connectivity index (χ2v) is 7.38. The molecule has 0 aliphatic carbocycles. The van der Waals surface area contributed by atoms with E-state index in [-0.39, 0.29) is 5.54 Å². The lowest BCUT2D eigenvalue weighted by Crippen LogP contribution is -2.56. The fraction of sp³-hybridized carbons (Fsp3) is 1.00. The van der Waals surface area contributed by atoms with Crippen LogP contribution in [0.15, 0.2) is 0 Å². The Hall–Kier alpha value is -0.160. The fourth-order valence-electron chi connectivity index (χ4n) is 3.64. The molecule has 0 amide bonds. The summed E-state index contributed by atoms with van der Waals surface area (Å²) in [6.45, 7) is 18.1. The van der Waals surface area contributed by atoms with Crippen LogP contribution in [0.5, 0.6) is 0 Å². The van der Waals surface area contributed by atoms with Crippen molar-refractivity contribution in [3.63, 3.8) is 0 Å². The molecule has 2 aliphatic rings. The molecule has 2 rings (SSSR count). The number of ether oxygens (including phenoxy) is 1. The fourth-order valence-corrected chi connectivity index (χ4v) is 3.64. The summed E-state index contributed by atoms with van der Waals surface area (Å²) >= 11 is 0. The van der Waals surface area contributed by atoms with Crippen molar-refractivity contribution in [3.05, 3.63) is 0 Å². The van der Waals surface area contributed by atoms with Crippen LogP contribution in [0.1, 0.15) is 40.5 Å². The first kappa shape index (κ1) is 17.2. The maximum atomic E-state index is 5.47. The van der Waals surface area contributed by atoms with Gasteiger partial charge in [0.15, 0.2) is 0 Å². The summed E-state index contributed by atoms with van der Waals surface area (Å²) in [4.78, 5) is 5.16. The average molecular weight is 297 g/mol. The highest BCUT2D eigenvalue weighted by Gasteiger charge is 2.30. The van der Waals surface area contributed by atoms with Crippen LogP contribution in [0.25, 0.3) is 0 Å². The van der Waals surface area contributed by atoms with Gasteiger partial charge in [0.1, 0.15) is 0 Å². The van der Waals surface area contributed by atoms with E-state index in [4.69, 9.17) is 4.74 Å². The third kappa shape index (κ3) is 4.92. The van der Waals surface area contributed by atoms with Gasteiger partial charge in [-0.15, -0.1) is 0 Å². The predicted octanol–water partition coefficient (Wildman–Crippen LogP) is 1.81. The van der Waals surface area contributed by atoms with Gasteiger partial charge in [0.2, 0.25) is 0 Å². The molecular formula is C17H35N3O. The highest BCUT2D eigenvalue weighted by molar-refractivity contribution is 4.88. The van der Waals surface area contributed by atoms with Gasteiger partial charge in [-0.05, 0) is 52.6 Å². The van der Waals surface area contributed by atoms with Gasteiger partial charge in [-0.2, -0.15) is 0 Å². The molecule has 2 saturated heterocycles. The van der Waals surface area contributed by atoms with Gasteiger partial charge in [0.25, 0.3) is 0 Å². The molecule has 4 heteroatoms. The number of hydrogen-bond donors (Lipinski definition) is 1. The lowest BCUT2D eigenvalue weighted by atomic mass is 9.90. The molecule has 0 radical (unpaired) electrons. The van der Waals surface area contributed by atoms with Crippen LogP contribution in [0.2, 0.25) is 0 Å². The Morgan fingerprint density at radius 2 is 1.95 bits per heavy atom. The summed E-state index contributed by atoms with van der Waals surface area (Å²) in [6, 6.07) is 0.611. The largest absolute Gasteiger partial charge is 0.379 e. The highest BCUT2D eigenvalue weighted by atomic mass is 16.5. The number of piperidine rings is 1. The maximum absolute atomic E-state index is 5.47. The molecule has 2 aliphatic heterocycles. The topological polar surface area (TPSA) is 27.7 Å². The van der Waals surface area contributed by atoms with Crippen LogP contribution < -0.4 is 5.32 Å². The molecule has 0 bridgehead atoms. The molecule has 1 N–H and O–H groups in total. The average Bonchev–Trinajstić information content (AvgIpc) is 2.53. The van der Waals surface area contributed by atoms with E-state index in [9.17, 15) is 0 Å². The molecule has 2 fully saturated rings. The summed E-state index contributed by atoms with van der Waals surface area (Å²) in [5, 5.41) is 3.83. The summed E-state index contributed by atoms with van der Waals surface area (Å²) in [6.07, 6.45) is 2.74. The van der Waals surface area contributed by atoms with E-state index in [0.717, 1.165) is 38.8 Å². The van der Waals surface area contributed by atoms with Gasteiger partial charge >= 0.3 is 0 Å². The van der Waals surface area contributed by atoms with Crippen molar-refractivity contribution < 1.29 is 4.74 Å². The molecule has 21 heavy (non-hydrogen) atoms. The quantitative estimate of drug-likeness (QED) is 0.809.